The Morgan fingerprint density at radius 1 is 1.15 bits per heavy atom. The van der Waals surface area contributed by atoms with Gasteiger partial charge in [0.05, 0.1) is 12.6 Å². The summed E-state index contributed by atoms with van der Waals surface area (Å²) in [5.74, 6) is 2.02. The van der Waals surface area contributed by atoms with Crippen molar-refractivity contribution in [2.24, 2.45) is 11.8 Å². The molecule has 0 aromatic rings. The number of quaternary nitrogens is 1. The van der Waals surface area contributed by atoms with Crippen molar-refractivity contribution in [2.75, 3.05) is 7.05 Å². The summed E-state index contributed by atoms with van der Waals surface area (Å²) in [6.45, 7) is 0. The molecule has 74 valence electrons. The zero-order valence-corrected chi connectivity index (χ0v) is 9.32. The molecule has 0 aromatic carbocycles. The first-order chi connectivity index (χ1) is 6.13. The molecule has 4 rings (SSSR count). The molecule has 13 heavy (non-hydrogen) atoms. The molecule has 0 spiro atoms. The average Bonchev–Trinajstić information content (AvgIpc) is 1.99. The first-order valence-corrected chi connectivity index (χ1v) is 6.11. The molecule has 0 aromatic heterocycles. The summed E-state index contributed by atoms with van der Waals surface area (Å²) in [5.41, 5.74) is 0.603. The van der Waals surface area contributed by atoms with E-state index in [1.807, 2.05) is 0 Å². The van der Waals surface area contributed by atoms with Crippen molar-refractivity contribution in [2.45, 2.75) is 48.8 Å². The Kier molecular flexibility index (Phi) is 1.63. The molecule has 0 unspecified atom stereocenters. The van der Waals surface area contributed by atoms with Crippen LogP contribution in [0.3, 0.4) is 0 Å². The van der Waals surface area contributed by atoms with E-state index >= 15 is 0 Å². The highest BCUT2D eigenvalue weighted by Crippen LogP contribution is 2.58. The van der Waals surface area contributed by atoms with Gasteiger partial charge in [-0.15, -0.1) is 0 Å². The number of nitrogens with two attached hydrogens (primary N) is 1. The summed E-state index contributed by atoms with van der Waals surface area (Å²) in [7, 11) is 2.27. The number of hydrogen-bond donors (Lipinski definition) is 2. The zero-order chi connectivity index (χ0) is 9.10. The molecule has 2 atom stereocenters. The van der Waals surface area contributed by atoms with Crippen LogP contribution < -0.4 is 5.32 Å². The SMILES string of the molecule is C[NH2+]C12C[C@@H]3C[C@H](CC(S)(C3)C1)C2. The van der Waals surface area contributed by atoms with Crippen LogP contribution >= 0.6 is 12.6 Å². The predicted octanol–water partition coefficient (Wildman–Crippen LogP) is 1.20. The van der Waals surface area contributed by atoms with E-state index in [-0.39, 0.29) is 0 Å². The van der Waals surface area contributed by atoms with Gasteiger partial charge >= 0.3 is 0 Å². The molecule has 0 aliphatic heterocycles. The van der Waals surface area contributed by atoms with Crippen LogP contribution in [-0.2, 0) is 0 Å². The van der Waals surface area contributed by atoms with Crippen LogP contribution in [0.25, 0.3) is 0 Å². The third-order valence-corrected chi connectivity index (χ3v) is 5.21. The predicted molar refractivity (Wildman–Crippen MR) is 57.0 cm³/mol. The highest BCUT2D eigenvalue weighted by Gasteiger charge is 2.58. The van der Waals surface area contributed by atoms with Crippen LogP contribution in [0.15, 0.2) is 0 Å². The summed E-state index contributed by atoms with van der Waals surface area (Å²) >= 11 is 4.94. The molecule has 4 aliphatic carbocycles. The van der Waals surface area contributed by atoms with Gasteiger partial charge in [0.25, 0.3) is 0 Å². The fourth-order valence-electron chi connectivity index (χ4n) is 4.62. The lowest BCUT2D eigenvalue weighted by Crippen LogP contribution is -2.96. The summed E-state index contributed by atoms with van der Waals surface area (Å²) in [6.07, 6.45) is 8.64. The van der Waals surface area contributed by atoms with E-state index in [1.54, 1.807) is 0 Å². The normalized spacial score (nSPS) is 58.6. The average molecular weight is 198 g/mol. The summed E-state index contributed by atoms with van der Waals surface area (Å²) in [4.78, 5) is 0. The highest BCUT2D eigenvalue weighted by atomic mass is 32.1. The van der Waals surface area contributed by atoms with Crippen molar-refractivity contribution >= 4 is 12.6 Å². The van der Waals surface area contributed by atoms with Crippen LogP contribution in [0.1, 0.15) is 38.5 Å². The number of thiol groups is 1. The van der Waals surface area contributed by atoms with Crippen molar-refractivity contribution in [3.05, 3.63) is 0 Å². The maximum Gasteiger partial charge on any atom is 0.0977 e. The summed E-state index contributed by atoms with van der Waals surface area (Å²) in [6, 6.07) is 0. The van der Waals surface area contributed by atoms with Crippen molar-refractivity contribution in [1.29, 1.82) is 0 Å². The largest absolute Gasteiger partial charge is 0.344 e. The van der Waals surface area contributed by atoms with Gasteiger partial charge in [0.15, 0.2) is 0 Å². The topological polar surface area (TPSA) is 16.6 Å². The molecule has 1 nitrogen and oxygen atoms in total. The van der Waals surface area contributed by atoms with E-state index in [1.165, 1.54) is 38.5 Å². The van der Waals surface area contributed by atoms with Crippen LogP contribution in [0.2, 0.25) is 0 Å². The van der Waals surface area contributed by atoms with E-state index in [4.69, 9.17) is 12.6 Å². The minimum absolute atomic E-state index is 0.427. The Labute approximate surface area is 86.1 Å². The molecule has 4 fully saturated rings. The second-order valence-corrected chi connectivity index (χ2v) is 6.79. The van der Waals surface area contributed by atoms with Gasteiger partial charge in [-0.3, -0.25) is 0 Å². The van der Waals surface area contributed by atoms with Gasteiger partial charge in [0, 0.05) is 24.0 Å². The molecular weight excluding hydrogens is 178 g/mol. The molecule has 4 aliphatic rings. The van der Waals surface area contributed by atoms with E-state index in [9.17, 15) is 0 Å². The Morgan fingerprint density at radius 3 is 2.23 bits per heavy atom. The Balaban J connectivity index is 1.95. The van der Waals surface area contributed by atoms with Crippen molar-refractivity contribution < 1.29 is 5.32 Å². The molecule has 4 bridgehead atoms. The lowest BCUT2D eigenvalue weighted by molar-refractivity contribution is -0.715. The summed E-state index contributed by atoms with van der Waals surface area (Å²) < 4.78 is 0.427. The smallest absolute Gasteiger partial charge is 0.0977 e. The molecule has 4 saturated carbocycles. The molecule has 0 radical (unpaired) electrons. The van der Waals surface area contributed by atoms with E-state index in [0.717, 1.165) is 11.8 Å². The summed E-state index contributed by atoms with van der Waals surface area (Å²) in [5, 5.41) is 2.50. The Bertz CT molecular complexity index is 224. The van der Waals surface area contributed by atoms with Crippen molar-refractivity contribution in [3.8, 4) is 0 Å². The van der Waals surface area contributed by atoms with Crippen LogP contribution in [0.4, 0.5) is 0 Å². The fraction of sp³-hybridized carbons (Fsp3) is 1.00. The second-order valence-electron chi connectivity index (χ2n) is 5.84. The molecular formula is C11H20NS+. The highest BCUT2D eigenvalue weighted by molar-refractivity contribution is 7.81. The lowest BCUT2D eigenvalue weighted by Gasteiger charge is -2.58. The quantitative estimate of drug-likeness (QED) is 0.589. The van der Waals surface area contributed by atoms with Gasteiger partial charge < -0.3 is 5.32 Å². The minimum atomic E-state index is 0.427. The van der Waals surface area contributed by atoms with Crippen LogP contribution in [0, 0.1) is 11.8 Å². The molecule has 0 amide bonds. The van der Waals surface area contributed by atoms with Gasteiger partial charge in [0.2, 0.25) is 0 Å². The maximum atomic E-state index is 4.94. The first-order valence-electron chi connectivity index (χ1n) is 5.66. The van der Waals surface area contributed by atoms with E-state index < -0.39 is 0 Å². The Morgan fingerprint density at radius 2 is 1.77 bits per heavy atom. The number of rotatable bonds is 1. The van der Waals surface area contributed by atoms with Crippen LogP contribution in [-0.4, -0.2) is 17.3 Å². The van der Waals surface area contributed by atoms with Gasteiger partial charge in [0.1, 0.15) is 0 Å². The zero-order valence-electron chi connectivity index (χ0n) is 8.42. The van der Waals surface area contributed by atoms with E-state index in [2.05, 4.69) is 12.4 Å². The molecule has 0 heterocycles. The standard InChI is InChI=1S/C11H19NS/c1-12-10-3-8-2-9(4-10)6-11(13,5-8)7-10/h8-9,12-13H,2-7H2,1H3/p+1/t8-,9-,10?,11?/m0/s1. The Hall–Kier alpha value is 0.310. The molecule has 2 heteroatoms. The van der Waals surface area contributed by atoms with E-state index in [0.29, 0.717) is 10.3 Å². The number of hydrogen-bond acceptors (Lipinski definition) is 1. The van der Waals surface area contributed by atoms with Gasteiger partial charge in [-0.1, -0.05) is 0 Å². The van der Waals surface area contributed by atoms with Gasteiger partial charge in [-0.05, 0) is 31.1 Å². The van der Waals surface area contributed by atoms with Gasteiger partial charge in [-0.25, -0.2) is 0 Å². The fourth-order valence-corrected chi connectivity index (χ4v) is 5.45. The second kappa shape index (κ2) is 2.46. The monoisotopic (exact) mass is 198 g/mol. The first kappa shape index (κ1) is 8.60. The third kappa shape index (κ3) is 1.18. The maximum absolute atomic E-state index is 4.94. The van der Waals surface area contributed by atoms with Gasteiger partial charge in [-0.2, -0.15) is 12.6 Å². The minimum Gasteiger partial charge on any atom is -0.344 e. The van der Waals surface area contributed by atoms with Crippen molar-refractivity contribution in [1.82, 2.24) is 0 Å². The third-order valence-electron chi connectivity index (χ3n) is 4.69. The van der Waals surface area contributed by atoms with Crippen LogP contribution in [0.5, 0.6) is 0 Å². The molecule has 0 saturated heterocycles. The van der Waals surface area contributed by atoms with Crippen molar-refractivity contribution in [3.63, 3.8) is 0 Å². The molecule has 2 N–H and O–H groups in total. The lowest BCUT2D eigenvalue weighted by atomic mass is 9.52.